The van der Waals surface area contributed by atoms with Crippen LogP contribution in [0.15, 0.2) is 66.7 Å². The predicted molar refractivity (Wildman–Crippen MR) is 131 cm³/mol. The Balaban J connectivity index is 1.74. The van der Waals surface area contributed by atoms with Crippen LogP contribution >= 0.6 is 11.6 Å². The summed E-state index contributed by atoms with van der Waals surface area (Å²) >= 11 is 6.18. The molecule has 0 radical (unpaired) electrons. The molecule has 2 N–H and O–H groups in total. The molecule has 0 spiro atoms. The smallest absolute Gasteiger partial charge is 0.253 e. The van der Waals surface area contributed by atoms with E-state index < -0.39 is 6.04 Å². The first kappa shape index (κ1) is 24.9. The summed E-state index contributed by atoms with van der Waals surface area (Å²) in [5.41, 5.74) is 1.88. The highest BCUT2D eigenvalue weighted by atomic mass is 35.5. The number of benzene rings is 3. The van der Waals surface area contributed by atoms with Gasteiger partial charge in [0, 0.05) is 18.2 Å². The van der Waals surface area contributed by atoms with Gasteiger partial charge < -0.3 is 24.8 Å². The summed E-state index contributed by atoms with van der Waals surface area (Å²) in [6.45, 7) is 0.211. The summed E-state index contributed by atoms with van der Waals surface area (Å²) in [6.07, 6.45) is 0.0375. The van der Waals surface area contributed by atoms with Gasteiger partial charge in [-0.25, -0.2) is 0 Å². The number of nitrogens with one attached hydrogen (secondary N) is 2. The van der Waals surface area contributed by atoms with E-state index >= 15 is 0 Å². The number of amides is 2. The first-order chi connectivity index (χ1) is 16.5. The molecule has 178 valence electrons. The summed E-state index contributed by atoms with van der Waals surface area (Å²) in [7, 11) is 4.63. The van der Waals surface area contributed by atoms with Crippen LogP contribution in [0.3, 0.4) is 0 Å². The Bertz CT molecular complexity index is 1140. The van der Waals surface area contributed by atoms with Crippen LogP contribution in [0.5, 0.6) is 17.2 Å². The van der Waals surface area contributed by atoms with Crippen molar-refractivity contribution in [1.29, 1.82) is 0 Å². The normalized spacial score (nSPS) is 11.3. The van der Waals surface area contributed by atoms with E-state index in [1.165, 1.54) is 0 Å². The molecule has 0 fully saturated rings. The van der Waals surface area contributed by atoms with E-state index in [1.807, 2.05) is 30.3 Å². The van der Waals surface area contributed by atoms with Gasteiger partial charge in [-0.1, -0.05) is 54.1 Å². The van der Waals surface area contributed by atoms with Gasteiger partial charge in [0.05, 0.1) is 44.4 Å². The monoisotopic (exact) mass is 482 g/mol. The van der Waals surface area contributed by atoms with Crippen molar-refractivity contribution in [2.24, 2.45) is 0 Å². The highest BCUT2D eigenvalue weighted by molar-refractivity contribution is 6.33. The Morgan fingerprint density at radius 1 is 0.853 bits per heavy atom. The van der Waals surface area contributed by atoms with Crippen molar-refractivity contribution in [1.82, 2.24) is 10.6 Å². The van der Waals surface area contributed by atoms with Crippen LogP contribution in [-0.4, -0.2) is 33.1 Å². The van der Waals surface area contributed by atoms with E-state index in [9.17, 15) is 9.59 Å². The number of ether oxygens (including phenoxy) is 3. The lowest BCUT2D eigenvalue weighted by molar-refractivity contribution is -0.121. The zero-order chi connectivity index (χ0) is 24.5. The van der Waals surface area contributed by atoms with Crippen LogP contribution in [-0.2, 0) is 11.3 Å². The molecule has 0 saturated carbocycles. The van der Waals surface area contributed by atoms with Crippen molar-refractivity contribution >= 4 is 23.4 Å². The first-order valence-electron chi connectivity index (χ1n) is 10.6. The van der Waals surface area contributed by atoms with Crippen LogP contribution in [0.4, 0.5) is 0 Å². The second kappa shape index (κ2) is 12.0. The minimum absolute atomic E-state index is 0.0375. The summed E-state index contributed by atoms with van der Waals surface area (Å²) in [6, 6.07) is 19.0. The Hall–Kier alpha value is -3.71. The second-order valence-corrected chi connectivity index (χ2v) is 7.82. The number of carbonyl (C=O) groups excluding carboxylic acids is 2. The molecule has 0 bridgehead atoms. The molecule has 0 aliphatic carbocycles. The number of rotatable bonds is 10. The van der Waals surface area contributed by atoms with Crippen molar-refractivity contribution < 1.29 is 23.8 Å². The Morgan fingerprint density at radius 3 is 2.12 bits per heavy atom. The summed E-state index contributed by atoms with van der Waals surface area (Å²) in [5.74, 6) is 1.02. The van der Waals surface area contributed by atoms with E-state index in [1.54, 1.807) is 57.7 Å². The molecule has 3 aromatic carbocycles. The first-order valence-corrected chi connectivity index (χ1v) is 11.0. The third-order valence-corrected chi connectivity index (χ3v) is 5.61. The van der Waals surface area contributed by atoms with E-state index in [0.717, 1.165) is 11.1 Å². The van der Waals surface area contributed by atoms with Gasteiger partial charge in [0.25, 0.3) is 5.91 Å². The molecule has 1 unspecified atom stereocenters. The van der Waals surface area contributed by atoms with Gasteiger partial charge in [0.2, 0.25) is 5.91 Å². The number of hydrogen-bond acceptors (Lipinski definition) is 5. The lowest BCUT2D eigenvalue weighted by Crippen LogP contribution is -2.33. The highest BCUT2D eigenvalue weighted by Crippen LogP contribution is 2.34. The van der Waals surface area contributed by atoms with Crippen LogP contribution < -0.4 is 24.8 Å². The fourth-order valence-corrected chi connectivity index (χ4v) is 3.72. The third-order valence-electron chi connectivity index (χ3n) is 5.28. The fraction of sp³-hybridized carbons (Fsp3) is 0.231. The second-order valence-electron chi connectivity index (χ2n) is 7.42. The molecule has 2 amide bonds. The molecule has 0 aromatic heterocycles. The maximum atomic E-state index is 12.9. The van der Waals surface area contributed by atoms with Gasteiger partial charge in [0.1, 0.15) is 5.75 Å². The molecule has 34 heavy (non-hydrogen) atoms. The Morgan fingerprint density at radius 2 is 1.47 bits per heavy atom. The van der Waals surface area contributed by atoms with Gasteiger partial charge in [-0.3, -0.25) is 9.59 Å². The molecule has 0 aliphatic heterocycles. The molecule has 1 atom stereocenters. The van der Waals surface area contributed by atoms with Gasteiger partial charge in [0.15, 0.2) is 11.5 Å². The van der Waals surface area contributed by atoms with Crippen molar-refractivity contribution in [3.05, 3.63) is 88.4 Å². The van der Waals surface area contributed by atoms with Crippen molar-refractivity contribution in [2.75, 3.05) is 21.3 Å². The molecule has 3 rings (SSSR count). The van der Waals surface area contributed by atoms with Gasteiger partial charge >= 0.3 is 0 Å². The Kier molecular flexibility index (Phi) is 8.76. The number of hydrogen-bond donors (Lipinski definition) is 2. The molecule has 3 aromatic rings. The van der Waals surface area contributed by atoms with Crippen LogP contribution in [0.2, 0.25) is 5.02 Å². The SMILES string of the molecule is COc1cc(OC)c(OC)cc1CNC(=O)CC(NC(=O)c1ccccc1Cl)c1ccccc1. The van der Waals surface area contributed by atoms with Crippen molar-refractivity contribution in [3.8, 4) is 17.2 Å². The van der Waals surface area contributed by atoms with E-state index in [2.05, 4.69) is 10.6 Å². The minimum atomic E-state index is -0.544. The van der Waals surface area contributed by atoms with E-state index in [-0.39, 0.29) is 24.8 Å². The molecule has 0 aliphatic rings. The zero-order valence-electron chi connectivity index (χ0n) is 19.3. The molecular weight excluding hydrogens is 456 g/mol. The molecule has 0 saturated heterocycles. The molecular formula is C26H27ClN2O5. The quantitative estimate of drug-likeness (QED) is 0.443. The topological polar surface area (TPSA) is 85.9 Å². The average Bonchev–Trinajstić information content (AvgIpc) is 2.87. The number of methoxy groups -OCH3 is 3. The van der Waals surface area contributed by atoms with Crippen molar-refractivity contribution in [2.45, 2.75) is 19.0 Å². The van der Waals surface area contributed by atoms with Gasteiger partial charge in [-0.2, -0.15) is 0 Å². The fourth-order valence-electron chi connectivity index (χ4n) is 3.50. The molecule has 0 heterocycles. The van der Waals surface area contributed by atoms with Gasteiger partial charge in [-0.05, 0) is 23.8 Å². The standard InChI is InChI=1S/C26H27ClN2O5/c1-32-22-15-24(34-3)23(33-2)13-18(22)16-28-25(30)14-21(17-9-5-4-6-10-17)29-26(31)19-11-7-8-12-20(19)27/h4-13,15,21H,14,16H2,1-3H3,(H,28,30)(H,29,31). The average molecular weight is 483 g/mol. The molecule has 7 nitrogen and oxygen atoms in total. The summed E-state index contributed by atoms with van der Waals surface area (Å²) in [5, 5.41) is 6.17. The number of carbonyl (C=O) groups is 2. The Labute approximate surface area is 204 Å². The highest BCUT2D eigenvalue weighted by Gasteiger charge is 2.21. The van der Waals surface area contributed by atoms with E-state index in [0.29, 0.717) is 27.8 Å². The van der Waals surface area contributed by atoms with Crippen molar-refractivity contribution in [3.63, 3.8) is 0 Å². The number of halogens is 1. The third kappa shape index (κ3) is 6.20. The van der Waals surface area contributed by atoms with E-state index in [4.69, 9.17) is 25.8 Å². The lowest BCUT2D eigenvalue weighted by Gasteiger charge is -2.20. The van der Waals surface area contributed by atoms with Crippen LogP contribution in [0, 0.1) is 0 Å². The maximum Gasteiger partial charge on any atom is 0.253 e. The lowest BCUT2D eigenvalue weighted by atomic mass is 10.0. The van der Waals surface area contributed by atoms with Crippen LogP contribution in [0.1, 0.15) is 33.9 Å². The predicted octanol–water partition coefficient (Wildman–Crippen LogP) is 4.54. The minimum Gasteiger partial charge on any atom is -0.496 e. The maximum absolute atomic E-state index is 12.9. The summed E-state index contributed by atoms with van der Waals surface area (Å²) < 4.78 is 16.1. The van der Waals surface area contributed by atoms with Gasteiger partial charge in [-0.15, -0.1) is 0 Å². The summed E-state index contributed by atoms with van der Waals surface area (Å²) in [4.78, 5) is 25.7. The largest absolute Gasteiger partial charge is 0.496 e. The molecule has 8 heteroatoms. The zero-order valence-corrected chi connectivity index (χ0v) is 20.0. The van der Waals surface area contributed by atoms with Crippen LogP contribution in [0.25, 0.3) is 0 Å².